The van der Waals surface area contributed by atoms with Crippen LogP contribution in [-0.4, -0.2) is 25.8 Å². The van der Waals surface area contributed by atoms with Gasteiger partial charge >= 0.3 is 6.36 Å². The van der Waals surface area contributed by atoms with Crippen LogP contribution < -0.4 is 15.2 Å². The Labute approximate surface area is 187 Å². The molecular weight excluding hydrogens is 461 g/mol. The predicted octanol–water partition coefficient (Wildman–Crippen LogP) is 3.95. The van der Waals surface area contributed by atoms with E-state index < -0.39 is 34.6 Å². The lowest BCUT2D eigenvalue weighted by Gasteiger charge is -2.16. The molecule has 3 aromatic rings. The van der Waals surface area contributed by atoms with Gasteiger partial charge in [0.05, 0.1) is 11.5 Å². The highest BCUT2D eigenvalue weighted by Crippen LogP contribution is 2.36. The van der Waals surface area contributed by atoms with Gasteiger partial charge in [-0.1, -0.05) is 24.3 Å². The van der Waals surface area contributed by atoms with Crippen molar-refractivity contribution in [2.75, 3.05) is 5.32 Å². The predicted molar refractivity (Wildman–Crippen MR) is 115 cm³/mol. The molecule has 0 radical (unpaired) electrons. The summed E-state index contributed by atoms with van der Waals surface area (Å²) in [6.07, 6.45) is -4.89. The van der Waals surface area contributed by atoms with Gasteiger partial charge < -0.3 is 15.2 Å². The average molecular weight is 480 g/mol. The molecule has 4 N–H and O–H groups in total. The molecule has 0 aliphatic heterocycles. The van der Waals surface area contributed by atoms with Crippen molar-refractivity contribution in [2.45, 2.75) is 24.8 Å². The molecule has 0 fully saturated rings. The highest BCUT2D eigenvalue weighted by molar-refractivity contribution is 7.89. The van der Waals surface area contributed by atoms with E-state index in [0.717, 1.165) is 6.07 Å². The first-order valence-electron chi connectivity index (χ1n) is 9.43. The summed E-state index contributed by atoms with van der Waals surface area (Å²) >= 11 is 0. The van der Waals surface area contributed by atoms with Gasteiger partial charge in [0.1, 0.15) is 5.75 Å². The number of amides is 1. The summed E-state index contributed by atoms with van der Waals surface area (Å²) in [6, 6.07) is 13.7. The van der Waals surface area contributed by atoms with E-state index in [2.05, 4.69) is 10.1 Å². The molecular formula is C22H19F3N2O5S. The second-order valence-corrected chi connectivity index (χ2v) is 8.58. The molecule has 0 aliphatic rings. The lowest BCUT2D eigenvalue weighted by atomic mass is 9.98. The summed E-state index contributed by atoms with van der Waals surface area (Å²) in [6.45, 7) is 0.983. The van der Waals surface area contributed by atoms with Gasteiger partial charge in [0.25, 0.3) is 5.91 Å². The fourth-order valence-electron chi connectivity index (χ4n) is 3.28. The van der Waals surface area contributed by atoms with E-state index in [9.17, 15) is 31.5 Å². The fraction of sp³-hybridized carbons (Fsp3) is 0.136. The summed E-state index contributed by atoms with van der Waals surface area (Å²) in [5.41, 5.74) is 1.40. The Hall–Kier alpha value is -3.41. The first kappa shape index (κ1) is 24.2. The van der Waals surface area contributed by atoms with Crippen LogP contribution in [0.4, 0.5) is 18.9 Å². The summed E-state index contributed by atoms with van der Waals surface area (Å²) < 4.78 is 65.4. The highest BCUT2D eigenvalue weighted by Gasteiger charge is 2.32. The molecule has 0 heterocycles. The van der Waals surface area contributed by atoms with Crippen molar-refractivity contribution < 1.29 is 36.2 Å². The first-order chi connectivity index (χ1) is 15.4. The van der Waals surface area contributed by atoms with Crippen molar-refractivity contribution >= 4 is 21.6 Å². The monoisotopic (exact) mass is 480 g/mol. The van der Waals surface area contributed by atoms with Crippen LogP contribution in [0.25, 0.3) is 11.1 Å². The fourth-order valence-corrected chi connectivity index (χ4v) is 4.05. The molecule has 0 bridgehead atoms. The normalized spacial score (nSPS) is 11.8. The maximum absolute atomic E-state index is 12.7. The molecule has 0 unspecified atom stereocenters. The van der Waals surface area contributed by atoms with Crippen LogP contribution in [-0.2, 0) is 16.6 Å². The molecule has 0 saturated heterocycles. The van der Waals surface area contributed by atoms with E-state index in [4.69, 9.17) is 5.14 Å². The minimum Gasteiger partial charge on any atom is -0.405 e. The number of para-hydroxylation sites is 1. The maximum atomic E-state index is 12.7. The number of nitrogens with two attached hydrogens (primary N) is 1. The van der Waals surface area contributed by atoms with E-state index in [1.165, 1.54) is 61.5 Å². The summed E-state index contributed by atoms with van der Waals surface area (Å²) in [4.78, 5) is 12.5. The molecule has 0 aromatic heterocycles. The zero-order valence-corrected chi connectivity index (χ0v) is 18.0. The highest BCUT2D eigenvalue weighted by atomic mass is 32.2. The number of halogens is 3. The van der Waals surface area contributed by atoms with Crippen molar-refractivity contribution in [1.29, 1.82) is 0 Å². The second kappa shape index (κ2) is 9.22. The summed E-state index contributed by atoms with van der Waals surface area (Å²) in [5.74, 6) is -0.988. The molecule has 33 heavy (non-hydrogen) atoms. The first-order valence-corrected chi connectivity index (χ1v) is 11.0. The smallest absolute Gasteiger partial charge is 0.405 e. The van der Waals surface area contributed by atoms with Crippen molar-refractivity contribution in [3.05, 3.63) is 77.4 Å². The molecule has 11 heteroatoms. The quantitative estimate of drug-likeness (QED) is 0.494. The van der Waals surface area contributed by atoms with E-state index in [0.29, 0.717) is 5.56 Å². The number of nitrogens with one attached hydrogen (secondary N) is 1. The SMILES string of the molecule is Cc1cc(C(=O)Nc2ccc(-c3ccccc3OC(F)(F)F)c(CO)c2)ccc1S(N)(=O)=O. The molecule has 0 spiro atoms. The van der Waals surface area contributed by atoms with Gasteiger partial charge in [-0.05, 0) is 60.0 Å². The van der Waals surface area contributed by atoms with E-state index in [-0.39, 0.29) is 32.8 Å². The maximum Gasteiger partial charge on any atom is 0.573 e. The standard InChI is InChI=1S/C22H19F3N2O5S/c1-13-10-14(6-9-20(13)33(26,30)31)21(29)27-16-7-8-17(15(11-16)12-28)18-4-2-3-5-19(18)32-22(23,24)25/h2-11,28H,12H2,1H3,(H,27,29)(H2,26,30,31). The minimum absolute atomic E-state index is 0.106. The number of alkyl halides is 3. The summed E-state index contributed by atoms with van der Waals surface area (Å²) in [7, 11) is -3.93. The summed E-state index contributed by atoms with van der Waals surface area (Å²) in [5, 5.41) is 17.5. The van der Waals surface area contributed by atoms with Gasteiger partial charge in [-0.2, -0.15) is 0 Å². The number of aryl methyl sites for hydroxylation is 1. The zero-order valence-electron chi connectivity index (χ0n) is 17.2. The molecule has 0 aliphatic carbocycles. The van der Waals surface area contributed by atoms with E-state index >= 15 is 0 Å². The lowest BCUT2D eigenvalue weighted by molar-refractivity contribution is -0.274. The largest absolute Gasteiger partial charge is 0.573 e. The average Bonchev–Trinajstić information content (AvgIpc) is 2.72. The van der Waals surface area contributed by atoms with Crippen LogP contribution in [0.15, 0.2) is 65.6 Å². The molecule has 0 atom stereocenters. The van der Waals surface area contributed by atoms with Crippen LogP contribution in [0.5, 0.6) is 5.75 Å². The topological polar surface area (TPSA) is 119 Å². The third-order valence-electron chi connectivity index (χ3n) is 4.68. The van der Waals surface area contributed by atoms with Gasteiger partial charge in [0.2, 0.25) is 10.0 Å². The van der Waals surface area contributed by atoms with Crippen LogP contribution >= 0.6 is 0 Å². The van der Waals surface area contributed by atoms with Gasteiger partial charge in [-0.3, -0.25) is 4.79 Å². The van der Waals surface area contributed by atoms with Crippen LogP contribution in [0.1, 0.15) is 21.5 Å². The molecule has 1 amide bonds. The molecule has 0 saturated carbocycles. The number of hydrogen-bond donors (Lipinski definition) is 3. The lowest BCUT2D eigenvalue weighted by Crippen LogP contribution is -2.17. The number of carbonyl (C=O) groups is 1. The van der Waals surface area contributed by atoms with Gasteiger partial charge in [-0.25, -0.2) is 13.6 Å². The molecule has 7 nitrogen and oxygen atoms in total. The Morgan fingerprint density at radius 3 is 2.36 bits per heavy atom. The van der Waals surface area contributed by atoms with Gasteiger partial charge in [0.15, 0.2) is 0 Å². The van der Waals surface area contributed by atoms with Crippen LogP contribution in [0, 0.1) is 6.92 Å². The number of primary sulfonamides is 1. The van der Waals surface area contributed by atoms with Crippen molar-refractivity contribution in [3.63, 3.8) is 0 Å². The number of benzene rings is 3. The Balaban J connectivity index is 1.90. The number of sulfonamides is 1. The van der Waals surface area contributed by atoms with Gasteiger partial charge in [-0.15, -0.1) is 13.2 Å². The van der Waals surface area contributed by atoms with E-state index in [1.807, 2.05) is 0 Å². The Morgan fingerprint density at radius 1 is 1.06 bits per heavy atom. The number of carbonyl (C=O) groups excluding carboxylic acids is 1. The zero-order chi connectivity index (χ0) is 24.4. The Bertz CT molecular complexity index is 1310. The third kappa shape index (κ3) is 5.89. The number of rotatable bonds is 6. The molecule has 174 valence electrons. The number of hydrogen-bond acceptors (Lipinski definition) is 5. The van der Waals surface area contributed by atoms with Crippen molar-refractivity contribution in [1.82, 2.24) is 0 Å². The van der Waals surface area contributed by atoms with Gasteiger partial charge in [0, 0.05) is 16.8 Å². The Kier molecular flexibility index (Phi) is 6.77. The van der Waals surface area contributed by atoms with Crippen molar-refractivity contribution in [2.24, 2.45) is 5.14 Å². The molecule has 3 aromatic carbocycles. The van der Waals surface area contributed by atoms with E-state index in [1.54, 1.807) is 0 Å². The minimum atomic E-state index is -4.89. The van der Waals surface area contributed by atoms with Crippen molar-refractivity contribution in [3.8, 4) is 16.9 Å². The van der Waals surface area contributed by atoms with Crippen LogP contribution in [0.2, 0.25) is 0 Å². The molecule has 3 rings (SSSR count). The number of anilines is 1. The second-order valence-electron chi connectivity index (χ2n) is 7.05. The number of aliphatic hydroxyl groups is 1. The number of ether oxygens (including phenoxy) is 1. The third-order valence-corrected chi connectivity index (χ3v) is 5.75. The Morgan fingerprint density at radius 2 is 1.76 bits per heavy atom. The van der Waals surface area contributed by atoms with Crippen LogP contribution in [0.3, 0.4) is 0 Å². The number of aliphatic hydroxyl groups excluding tert-OH is 1.